The highest BCUT2D eigenvalue weighted by atomic mass is 32.2. The molecule has 1 aromatic heterocycles. The molecule has 102 valence electrons. The molecule has 1 N–H and O–H groups in total. The summed E-state index contributed by atoms with van der Waals surface area (Å²) in [5.74, 6) is -1.80. The van der Waals surface area contributed by atoms with Crippen LogP contribution in [0.1, 0.15) is 10.4 Å². The average molecular weight is 294 g/mol. The number of nitrogens with zero attached hydrogens (tertiary/aromatic N) is 2. The number of carboxylic acid groups (broad SMARTS) is 1. The molecule has 0 amide bonds. The summed E-state index contributed by atoms with van der Waals surface area (Å²) in [6.45, 7) is 0. The molecule has 0 saturated heterocycles. The van der Waals surface area contributed by atoms with Gasteiger partial charge in [-0.1, -0.05) is 17.8 Å². The number of aromatic carboxylic acids is 1. The second-order valence-electron chi connectivity index (χ2n) is 3.67. The molecular weight excluding hydrogens is 287 g/mol. The van der Waals surface area contributed by atoms with E-state index in [1.165, 1.54) is 18.2 Å². The molecule has 0 fully saturated rings. The lowest BCUT2D eigenvalue weighted by molar-refractivity contribution is -0.385. The minimum Gasteiger partial charge on any atom is -0.478 e. The van der Waals surface area contributed by atoms with Crippen LogP contribution in [0.4, 0.5) is 10.1 Å². The first kappa shape index (κ1) is 13.9. The number of pyridine rings is 1. The van der Waals surface area contributed by atoms with E-state index in [-0.39, 0.29) is 10.6 Å². The lowest BCUT2D eigenvalue weighted by Gasteiger charge is -2.04. The lowest BCUT2D eigenvalue weighted by atomic mass is 10.3. The van der Waals surface area contributed by atoms with Crippen LogP contribution in [0.2, 0.25) is 0 Å². The van der Waals surface area contributed by atoms with Crippen LogP contribution in [0.25, 0.3) is 0 Å². The smallest absolute Gasteiger partial charge is 0.338 e. The van der Waals surface area contributed by atoms with Crippen molar-refractivity contribution in [2.24, 2.45) is 0 Å². The van der Waals surface area contributed by atoms with Crippen molar-refractivity contribution in [3.63, 3.8) is 0 Å². The van der Waals surface area contributed by atoms with Gasteiger partial charge in [0.2, 0.25) is 0 Å². The van der Waals surface area contributed by atoms with Gasteiger partial charge in [0.05, 0.1) is 10.5 Å². The van der Waals surface area contributed by atoms with Crippen molar-refractivity contribution in [1.82, 2.24) is 4.98 Å². The van der Waals surface area contributed by atoms with E-state index in [1.807, 2.05) is 0 Å². The van der Waals surface area contributed by atoms with Gasteiger partial charge in [-0.3, -0.25) is 10.1 Å². The van der Waals surface area contributed by atoms with Crippen LogP contribution in [0.3, 0.4) is 0 Å². The Hall–Kier alpha value is -2.48. The Morgan fingerprint density at radius 2 is 2.15 bits per heavy atom. The molecule has 0 saturated carbocycles. The highest BCUT2D eigenvalue weighted by Crippen LogP contribution is 2.30. The van der Waals surface area contributed by atoms with Gasteiger partial charge in [-0.05, 0) is 18.2 Å². The van der Waals surface area contributed by atoms with Crippen LogP contribution in [0.5, 0.6) is 0 Å². The van der Waals surface area contributed by atoms with Gasteiger partial charge in [-0.15, -0.1) is 0 Å². The second-order valence-corrected chi connectivity index (χ2v) is 4.73. The van der Waals surface area contributed by atoms with E-state index < -0.39 is 22.4 Å². The molecule has 20 heavy (non-hydrogen) atoms. The monoisotopic (exact) mass is 294 g/mol. The fourth-order valence-electron chi connectivity index (χ4n) is 1.42. The second kappa shape index (κ2) is 5.66. The molecule has 0 unspecified atom stereocenters. The van der Waals surface area contributed by atoms with E-state index in [2.05, 4.69) is 4.98 Å². The largest absolute Gasteiger partial charge is 0.478 e. The van der Waals surface area contributed by atoms with Crippen molar-refractivity contribution >= 4 is 23.4 Å². The molecular formula is C12H7FN2O4S. The minimum absolute atomic E-state index is 0.0636. The summed E-state index contributed by atoms with van der Waals surface area (Å²) in [5.41, 5.74) is -0.709. The molecule has 2 aromatic rings. The van der Waals surface area contributed by atoms with Gasteiger partial charge < -0.3 is 5.11 Å². The Morgan fingerprint density at radius 1 is 1.40 bits per heavy atom. The summed E-state index contributed by atoms with van der Waals surface area (Å²) in [6, 6.07) is 6.47. The zero-order valence-corrected chi connectivity index (χ0v) is 10.6. The third-order valence-electron chi connectivity index (χ3n) is 2.29. The highest BCUT2D eigenvalue weighted by molar-refractivity contribution is 7.99. The van der Waals surface area contributed by atoms with E-state index in [4.69, 9.17) is 5.11 Å². The summed E-state index contributed by atoms with van der Waals surface area (Å²) in [7, 11) is 0. The normalized spacial score (nSPS) is 10.2. The topological polar surface area (TPSA) is 93.3 Å². The van der Waals surface area contributed by atoms with Gasteiger partial charge >= 0.3 is 5.97 Å². The van der Waals surface area contributed by atoms with Gasteiger partial charge in [0, 0.05) is 11.0 Å². The quantitative estimate of drug-likeness (QED) is 0.688. The highest BCUT2D eigenvalue weighted by Gasteiger charge is 2.18. The zero-order chi connectivity index (χ0) is 14.7. The number of benzene rings is 1. The van der Waals surface area contributed by atoms with Crippen LogP contribution in [0.15, 0.2) is 46.5 Å². The van der Waals surface area contributed by atoms with Crippen molar-refractivity contribution in [1.29, 1.82) is 0 Å². The molecule has 2 rings (SSSR count). The Bertz CT molecular complexity index is 693. The number of carbonyl (C=O) groups is 1. The number of aromatic nitrogens is 1. The SMILES string of the molecule is O=C(O)c1cc([N+](=O)[O-])cnc1Sc1cccc(F)c1. The first-order valence-corrected chi connectivity index (χ1v) is 6.10. The molecule has 1 heterocycles. The molecule has 6 nitrogen and oxygen atoms in total. The summed E-state index contributed by atoms with van der Waals surface area (Å²) in [4.78, 5) is 25.2. The maximum atomic E-state index is 13.1. The van der Waals surface area contributed by atoms with Crippen molar-refractivity contribution < 1.29 is 19.2 Å². The van der Waals surface area contributed by atoms with Crippen LogP contribution >= 0.6 is 11.8 Å². The summed E-state index contributed by atoms with van der Waals surface area (Å²) in [6.07, 6.45) is 0.966. The van der Waals surface area contributed by atoms with Gasteiger partial charge in [-0.2, -0.15) is 0 Å². The standard InChI is InChI=1S/C12H7FN2O4S/c13-7-2-1-3-9(4-7)20-11-10(12(16)17)5-8(6-14-11)15(18)19/h1-6H,(H,16,17). The van der Waals surface area contributed by atoms with Gasteiger partial charge in [-0.25, -0.2) is 14.2 Å². The third kappa shape index (κ3) is 3.09. The van der Waals surface area contributed by atoms with Crippen molar-refractivity contribution in [3.05, 3.63) is 58.0 Å². The molecule has 0 atom stereocenters. The first-order valence-electron chi connectivity index (χ1n) is 5.28. The molecule has 1 aromatic carbocycles. The molecule has 8 heteroatoms. The molecule has 0 aliphatic carbocycles. The van der Waals surface area contributed by atoms with Crippen LogP contribution in [-0.2, 0) is 0 Å². The van der Waals surface area contributed by atoms with E-state index in [0.29, 0.717) is 4.90 Å². The third-order valence-corrected chi connectivity index (χ3v) is 3.30. The molecule has 0 spiro atoms. The molecule has 0 aliphatic rings. The molecule has 0 radical (unpaired) electrons. The Morgan fingerprint density at radius 3 is 2.75 bits per heavy atom. The predicted octanol–water partition coefficient (Wildman–Crippen LogP) is 2.98. The van der Waals surface area contributed by atoms with Crippen LogP contribution < -0.4 is 0 Å². The summed E-state index contributed by atoms with van der Waals surface area (Å²) in [5, 5.41) is 19.7. The fourth-order valence-corrected chi connectivity index (χ4v) is 2.32. The van der Waals surface area contributed by atoms with Gasteiger partial charge in [0.1, 0.15) is 17.0 Å². The summed E-state index contributed by atoms with van der Waals surface area (Å²) >= 11 is 0.923. The van der Waals surface area contributed by atoms with Crippen LogP contribution in [0, 0.1) is 15.9 Å². The molecule has 0 bridgehead atoms. The Labute approximate surface area is 116 Å². The number of carboxylic acids is 1. The minimum atomic E-state index is -1.33. The van der Waals surface area contributed by atoms with Crippen molar-refractivity contribution in [3.8, 4) is 0 Å². The number of hydrogen-bond acceptors (Lipinski definition) is 5. The van der Waals surface area contributed by atoms with Crippen LogP contribution in [-0.4, -0.2) is 21.0 Å². The Balaban J connectivity index is 2.41. The van der Waals surface area contributed by atoms with Gasteiger partial charge in [0.15, 0.2) is 0 Å². The van der Waals surface area contributed by atoms with Crippen molar-refractivity contribution in [2.75, 3.05) is 0 Å². The van der Waals surface area contributed by atoms with E-state index in [0.717, 1.165) is 24.0 Å². The van der Waals surface area contributed by atoms with E-state index in [1.54, 1.807) is 6.07 Å². The maximum Gasteiger partial charge on any atom is 0.338 e. The zero-order valence-electron chi connectivity index (χ0n) is 9.82. The predicted molar refractivity (Wildman–Crippen MR) is 68.4 cm³/mol. The lowest BCUT2D eigenvalue weighted by Crippen LogP contribution is -2.02. The Kier molecular flexibility index (Phi) is 3.94. The summed E-state index contributed by atoms with van der Waals surface area (Å²) < 4.78 is 13.1. The fraction of sp³-hybridized carbons (Fsp3) is 0. The number of hydrogen-bond donors (Lipinski definition) is 1. The average Bonchev–Trinajstić information content (AvgIpc) is 2.38. The number of rotatable bonds is 4. The first-order chi connectivity index (χ1) is 9.47. The van der Waals surface area contributed by atoms with Crippen molar-refractivity contribution in [2.45, 2.75) is 9.92 Å². The number of halogens is 1. The number of nitro groups is 1. The van der Waals surface area contributed by atoms with E-state index >= 15 is 0 Å². The van der Waals surface area contributed by atoms with Gasteiger partial charge in [0.25, 0.3) is 5.69 Å². The van der Waals surface area contributed by atoms with E-state index in [9.17, 15) is 19.3 Å². The molecule has 0 aliphatic heterocycles. The maximum absolute atomic E-state index is 13.1.